The lowest BCUT2D eigenvalue weighted by Gasteiger charge is -2.13. The van der Waals surface area contributed by atoms with Crippen molar-refractivity contribution in [3.8, 4) is 5.82 Å². The molecule has 1 aromatic carbocycles. The molecule has 134 valence electrons. The number of pyridine rings is 1. The fourth-order valence-electron chi connectivity index (χ4n) is 2.58. The Bertz CT molecular complexity index is 949. The van der Waals surface area contributed by atoms with Gasteiger partial charge in [0.25, 0.3) is 5.91 Å². The monoisotopic (exact) mass is 360 g/mol. The second kappa shape index (κ2) is 6.62. The summed E-state index contributed by atoms with van der Waals surface area (Å²) in [6, 6.07) is 9.75. The average molecular weight is 360 g/mol. The third kappa shape index (κ3) is 3.44. The number of benzene rings is 1. The molecule has 26 heavy (non-hydrogen) atoms. The Morgan fingerprint density at radius 2 is 1.92 bits per heavy atom. The first-order valence-corrected chi connectivity index (χ1v) is 7.72. The Morgan fingerprint density at radius 3 is 2.54 bits per heavy atom. The molecular weight excluding hydrogens is 345 g/mol. The highest BCUT2D eigenvalue weighted by atomic mass is 19.4. The summed E-state index contributed by atoms with van der Waals surface area (Å²) >= 11 is 0. The number of halogens is 3. The van der Waals surface area contributed by atoms with Gasteiger partial charge < -0.3 is 5.32 Å². The molecule has 0 saturated heterocycles. The van der Waals surface area contributed by atoms with Gasteiger partial charge in [0, 0.05) is 11.9 Å². The molecule has 5 nitrogen and oxygen atoms in total. The SMILES string of the molecule is Cc1ccc(NC(=O)c2cnn(-c3ccccn3)c2C(F)(F)F)c(C)c1. The molecule has 2 heterocycles. The highest BCUT2D eigenvalue weighted by Crippen LogP contribution is 2.33. The average Bonchev–Trinajstić information content (AvgIpc) is 3.04. The molecule has 0 saturated carbocycles. The van der Waals surface area contributed by atoms with Gasteiger partial charge in [0.15, 0.2) is 11.5 Å². The van der Waals surface area contributed by atoms with E-state index in [-0.39, 0.29) is 5.82 Å². The van der Waals surface area contributed by atoms with Gasteiger partial charge in [0.05, 0.1) is 11.8 Å². The number of aryl methyl sites for hydroxylation is 2. The molecule has 3 rings (SSSR count). The summed E-state index contributed by atoms with van der Waals surface area (Å²) in [5.74, 6) is -0.906. The van der Waals surface area contributed by atoms with Crippen LogP contribution in [0, 0.1) is 13.8 Å². The van der Waals surface area contributed by atoms with Gasteiger partial charge in [-0.2, -0.15) is 18.3 Å². The third-order valence-electron chi connectivity index (χ3n) is 3.78. The van der Waals surface area contributed by atoms with Crippen molar-refractivity contribution in [1.29, 1.82) is 0 Å². The number of nitrogens with one attached hydrogen (secondary N) is 1. The maximum Gasteiger partial charge on any atom is 0.434 e. The van der Waals surface area contributed by atoms with Crippen LogP contribution >= 0.6 is 0 Å². The number of alkyl halides is 3. The molecule has 0 fully saturated rings. The van der Waals surface area contributed by atoms with Crippen molar-refractivity contribution < 1.29 is 18.0 Å². The van der Waals surface area contributed by atoms with E-state index in [0.717, 1.165) is 17.3 Å². The van der Waals surface area contributed by atoms with Crippen LogP contribution in [0.1, 0.15) is 27.2 Å². The largest absolute Gasteiger partial charge is 0.434 e. The Kier molecular flexibility index (Phi) is 4.50. The minimum absolute atomic E-state index is 0.0228. The molecule has 0 aliphatic rings. The number of rotatable bonds is 3. The predicted molar refractivity (Wildman–Crippen MR) is 90.2 cm³/mol. The van der Waals surface area contributed by atoms with E-state index < -0.39 is 23.3 Å². The van der Waals surface area contributed by atoms with Crippen LogP contribution in [0.3, 0.4) is 0 Å². The number of nitrogens with zero attached hydrogens (tertiary/aromatic N) is 3. The molecule has 0 unspecified atom stereocenters. The van der Waals surface area contributed by atoms with Crippen molar-refractivity contribution in [3.63, 3.8) is 0 Å². The highest BCUT2D eigenvalue weighted by Gasteiger charge is 2.40. The summed E-state index contributed by atoms with van der Waals surface area (Å²) in [7, 11) is 0. The van der Waals surface area contributed by atoms with E-state index in [1.807, 2.05) is 13.0 Å². The van der Waals surface area contributed by atoms with E-state index in [0.29, 0.717) is 10.4 Å². The number of aromatic nitrogens is 3. The molecular formula is C18H15F3N4O. The van der Waals surface area contributed by atoms with E-state index >= 15 is 0 Å². The van der Waals surface area contributed by atoms with Crippen LogP contribution in [0.2, 0.25) is 0 Å². The predicted octanol–water partition coefficient (Wildman–Crippen LogP) is 4.16. The van der Waals surface area contributed by atoms with Crippen LogP contribution in [0.4, 0.5) is 18.9 Å². The lowest BCUT2D eigenvalue weighted by molar-refractivity contribution is -0.143. The second-order valence-electron chi connectivity index (χ2n) is 5.78. The zero-order valence-corrected chi connectivity index (χ0v) is 14.0. The lowest BCUT2D eigenvalue weighted by Crippen LogP contribution is -2.21. The molecule has 1 N–H and O–H groups in total. The van der Waals surface area contributed by atoms with Crippen LogP contribution < -0.4 is 5.32 Å². The minimum atomic E-state index is -4.77. The smallest absolute Gasteiger partial charge is 0.322 e. The maximum atomic E-state index is 13.6. The van der Waals surface area contributed by atoms with Gasteiger partial charge in [-0.3, -0.25) is 4.79 Å². The van der Waals surface area contributed by atoms with Gasteiger partial charge in [-0.25, -0.2) is 9.67 Å². The van der Waals surface area contributed by atoms with E-state index in [1.54, 1.807) is 31.2 Å². The van der Waals surface area contributed by atoms with Gasteiger partial charge in [0.2, 0.25) is 0 Å². The Labute approximate surface area is 147 Å². The summed E-state index contributed by atoms with van der Waals surface area (Å²) in [5.41, 5.74) is 0.449. The Morgan fingerprint density at radius 1 is 1.15 bits per heavy atom. The van der Waals surface area contributed by atoms with Gasteiger partial charge in [-0.05, 0) is 37.6 Å². The van der Waals surface area contributed by atoms with E-state index in [2.05, 4.69) is 15.4 Å². The van der Waals surface area contributed by atoms with Crippen LogP contribution in [0.15, 0.2) is 48.8 Å². The van der Waals surface area contributed by atoms with Crippen molar-refractivity contribution >= 4 is 11.6 Å². The molecule has 0 atom stereocenters. The molecule has 0 radical (unpaired) electrons. The minimum Gasteiger partial charge on any atom is -0.322 e. The highest BCUT2D eigenvalue weighted by molar-refractivity contribution is 6.05. The second-order valence-corrected chi connectivity index (χ2v) is 5.78. The van der Waals surface area contributed by atoms with Crippen LogP contribution in [0.5, 0.6) is 0 Å². The van der Waals surface area contributed by atoms with Crippen molar-refractivity contribution in [2.24, 2.45) is 0 Å². The first-order valence-electron chi connectivity index (χ1n) is 7.72. The number of amides is 1. The van der Waals surface area contributed by atoms with Crippen molar-refractivity contribution in [2.75, 3.05) is 5.32 Å². The van der Waals surface area contributed by atoms with Crippen LogP contribution in [-0.4, -0.2) is 20.7 Å². The first-order chi connectivity index (χ1) is 12.3. The molecule has 3 aromatic rings. The van der Waals surface area contributed by atoms with Gasteiger partial charge >= 0.3 is 6.18 Å². The fraction of sp³-hybridized carbons (Fsp3) is 0.167. The van der Waals surface area contributed by atoms with E-state index in [9.17, 15) is 18.0 Å². The van der Waals surface area contributed by atoms with Crippen molar-refractivity contribution in [3.05, 3.63) is 71.2 Å². The summed E-state index contributed by atoms with van der Waals surface area (Å²) in [5, 5.41) is 6.24. The van der Waals surface area contributed by atoms with Gasteiger partial charge in [0.1, 0.15) is 0 Å². The zero-order valence-electron chi connectivity index (χ0n) is 14.0. The normalized spacial score (nSPS) is 11.4. The molecule has 0 aliphatic carbocycles. The summed E-state index contributed by atoms with van der Waals surface area (Å²) in [6.07, 6.45) is -2.52. The molecule has 0 bridgehead atoms. The molecule has 2 aromatic heterocycles. The zero-order chi connectivity index (χ0) is 18.9. The van der Waals surface area contributed by atoms with Crippen LogP contribution in [0.25, 0.3) is 5.82 Å². The number of anilines is 1. The molecule has 0 spiro atoms. The van der Waals surface area contributed by atoms with E-state index in [1.165, 1.54) is 12.3 Å². The summed E-state index contributed by atoms with van der Waals surface area (Å²) < 4.78 is 41.4. The van der Waals surface area contributed by atoms with Crippen molar-refractivity contribution in [1.82, 2.24) is 14.8 Å². The van der Waals surface area contributed by atoms with Gasteiger partial charge in [-0.15, -0.1) is 0 Å². The Hall–Kier alpha value is -3.16. The third-order valence-corrected chi connectivity index (χ3v) is 3.78. The lowest BCUT2D eigenvalue weighted by atomic mass is 10.1. The maximum absolute atomic E-state index is 13.6. The molecule has 0 aliphatic heterocycles. The summed E-state index contributed by atoms with van der Waals surface area (Å²) in [6.45, 7) is 3.65. The number of carbonyl (C=O) groups excluding carboxylic acids is 1. The topological polar surface area (TPSA) is 59.8 Å². The van der Waals surface area contributed by atoms with E-state index in [4.69, 9.17) is 0 Å². The molecule has 8 heteroatoms. The van der Waals surface area contributed by atoms with Crippen molar-refractivity contribution in [2.45, 2.75) is 20.0 Å². The standard InChI is InChI=1S/C18H15F3N4O/c1-11-6-7-14(12(2)9-11)24-17(26)13-10-23-25(16(13)18(19,20)21)15-5-3-4-8-22-15/h3-10H,1-2H3,(H,24,26). The number of hydrogen-bond donors (Lipinski definition) is 1. The summed E-state index contributed by atoms with van der Waals surface area (Å²) in [4.78, 5) is 16.4. The first kappa shape index (κ1) is 17.7. The number of hydrogen-bond acceptors (Lipinski definition) is 3. The van der Waals surface area contributed by atoms with Crippen LogP contribution in [-0.2, 0) is 6.18 Å². The number of carbonyl (C=O) groups is 1. The Balaban J connectivity index is 2.02. The fourth-order valence-corrected chi connectivity index (χ4v) is 2.58. The molecule has 1 amide bonds. The quantitative estimate of drug-likeness (QED) is 0.763. The van der Waals surface area contributed by atoms with Gasteiger partial charge in [-0.1, -0.05) is 23.8 Å².